The molecule has 210 valence electrons. The number of nitrogens with zero attached hydrogens (tertiary/aromatic N) is 1. The van der Waals surface area contributed by atoms with Crippen molar-refractivity contribution in [3.63, 3.8) is 0 Å². The van der Waals surface area contributed by atoms with Crippen molar-refractivity contribution >= 4 is 24.5 Å². The van der Waals surface area contributed by atoms with E-state index in [0.717, 1.165) is 22.2 Å². The number of aliphatic hydroxyl groups excluding tert-OH is 1. The average molecular weight is 565 g/mol. The molecule has 0 amide bonds. The fourth-order valence-electron chi connectivity index (χ4n) is 3.98. The van der Waals surface area contributed by atoms with Crippen molar-refractivity contribution in [3.05, 3.63) is 75.6 Å². The maximum absolute atomic E-state index is 14.9. The number of benzene rings is 2. The molecule has 3 aromatic rings. The second-order valence-corrected chi connectivity index (χ2v) is 10.9. The number of hydrogen-bond donors (Lipinski definition) is 3. The molecule has 2 heterocycles. The van der Waals surface area contributed by atoms with Crippen molar-refractivity contribution in [2.45, 2.75) is 57.5 Å². The van der Waals surface area contributed by atoms with Crippen LogP contribution in [0.3, 0.4) is 0 Å². The van der Waals surface area contributed by atoms with Gasteiger partial charge in [-0.15, -0.1) is 0 Å². The number of carbonyl (C=O) groups is 1. The molecule has 6 atom stereocenters. The highest BCUT2D eigenvalue weighted by Gasteiger charge is 2.47. The summed E-state index contributed by atoms with van der Waals surface area (Å²) in [7, 11) is -4.39. The molecular weight excluding hydrogens is 536 g/mol. The lowest BCUT2D eigenvalue weighted by Crippen LogP contribution is -2.37. The summed E-state index contributed by atoms with van der Waals surface area (Å²) in [5.41, 5.74) is -1.62. The summed E-state index contributed by atoms with van der Waals surface area (Å²) in [4.78, 5) is 37.9. The van der Waals surface area contributed by atoms with Crippen molar-refractivity contribution in [1.82, 2.24) is 14.6 Å². The number of ether oxygens (including phenoxy) is 2. The number of aliphatic hydroxyl groups is 1. The third-order valence-electron chi connectivity index (χ3n) is 5.85. The van der Waals surface area contributed by atoms with E-state index in [0.29, 0.717) is 5.39 Å². The van der Waals surface area contributed by atoms with Crippen molar-refractivity contribution in [1.29, 1.82) is 0 Å². The number of halogens is 1. The Morgan fingerprint density at radius 2 is 1.90 bits per heavy atom. The van der Waals surface area contributed by atoms with Gasteiger partial charge in [0.1, 0.15) is 24.0 Å². The molecule has 0 bridgehead atoms. The monoisotopic (exact) mass is 565 g/mol. The number of H-pyrrole nitrogens is 1. The Bertz CT molecular complexity index is 1490. The van der Waals surface area contributed by atoms with Crippen molar-refractivity contribution in [2.75, 3.05) is 6.61 Å². The first-order valence-corrected chi connectivity index (χ1v) is 13.7. The molecule has 3 N–H and O–H groups in total. The number of hydrogen-bond acceptors (Lipinski definition) is 9. The SMILES string of the molecule is CC(C)OC(=O)[C@H](C)NP(=O)(OC[C@H]1O[C@@H](n2ccc(=O)[nH]c2=O)[C@H](F)[C@@H]1O)Oc1cccc2ccccc12. The number of fused-ring (bicyclic) bond motifs is 1. The van der Waals surface area contributed by atoms with Gasteiger partial charge in [-0.2, -0.15) is 5.09 Å². The molecule has 0 aliphatic carbocycles. The summed E-state index contributed by atoms with van der Waals surface area (Å²) in [6.07, 6.45) is -6.21. The van der Waals surface area contributed by atoms with Crippen molar-refractivity contribution in [3.8, 4) is 5.75 Å². The Kier molecular flexibility index (Phi) is 8.67. The Labute approximate surface area is 222 Å². The van der Waals surface area contributed by atoms with Gasteiger partial charge in [0.2, 0.25) is 0 Å². The van der Waals surface area contributed by atoms with Gasteiger partial charge in [0.05, 0.1) is 12.7 Å². The lowest BCUT2D eigenvalue weighted by atomic mass is 10.1. The number of esters is 1. The Balaban J connectivity index is 1.57. The molecule has 1 unspecified atom stereocenters. The fraction of sp³-hybridized carbons (Fsp3) is 0.400. The molecule has 1 saturated heterocycles. The number of rotatable bonds is 10. The van der Waals surface area contributed by atoms with Gasteiger partial charge in [0, 0.05) is 17.6 Å². The topological polar surface area (TPSA) is 158 Å². The number of carbonyl (C=O) groups excluding carboxylic acids is 1. The molecule has 0 spiro atoms. The zero-order chi connectivity index (χ0) is 28.3. The first-order valence-electron chi connectivity index (χ1n) is 12.2. The third kappa shape index (κ3) is 6.63. The largest absolute Gasteiger partial charge is 0.462 e. The van der Waals surface area contributed by atoms with E-state index in [1.165, 1.54) is 6.92 Å². The molecule has 14 heteroatoms. The summed E-state index contributed by atoms with van der Waals surface area (Å²) < 4.78 is 51.7. The highest BCUT2D eigenvalue weighted by Crippen LogP contribution is 2.47. The van der Waals surface area contributed by atoms with E-state index in [4.69, 9.17) is 18.5 Å². The quantitative estimate of drug-likeness (QED) is 0.246. The van der Waals surface area contributed by atoms with E-state index in [1.807, 2.05) is 23.2 Å². The van der Waals surface area contributed by atoms with Gasteiger partial charge in [-0.25, -0.2) is 13.8 Å². The maximum Gasteiger partial charge on any atom is 0.459 e. The van der Waals surface area contributed by atoms with E-state index < -0.39 is 68.3 Å². The average Bonchev–Trinajstić information content (AvgIpc) is 3.16. The summed E-state index contributed by atoms with van der Waals surface area (Å²) >= 11 is 0. The molecule has 39 heavy (non-hydrogen) atoms. The van der Waals surface area contributed by atoms with Crippen LogP contribution >= 0.6 is 7.75 Å². The molecule has 1 aliphatic rings. The second kappa shape index (κ2) is 11.8. The van der Waals surface area contributed by atoms with E-state index in [2.05, 4.69) is 5.09 Å². The van der Waals surface area contributed by atoms with E-state index >= 15 is 0 Å². The van der Waals surface area contributed by atoms with Gasteiger partial charge in [-0.3, -0.25) is 23.7 Å². The first kappa shape index (κ1) is 28.7. The summed E-state index contributed by atoms with van der Waals surface area (Å²) in [6.45, 7) is 4.08. The van der Waals surface area contributed by atoms with Crippen LogP contribution in [0.15, 0.2) is 64.3 Å². The minimum atomic E-state index is -4.39. The van der Waals surface area contributed by atoms with Gasteiger partial charge in [0.25, 0.3) is 5.56 Å². The first-order chi connectivity index (χ1) is 18.5. The molecule has 1 aliphatic heterocycles. The van der Waals surface area contributed by atoms with Gasteiger partial charge in [-0.1, -0.05) is 36.4 Å². The van der Waals surface area contributed by atoms with Gasteiger partial charge in [0.15, 0.2) is 12.4 Å². The second-order valence-electron chi connectivity index (χ2n) is 9.22. The van der Waals surface area contributed by atoms with Gasteiger partial charge >= 0.3 is 19.4 Å². The lowest BCUT2D eigenvalue weighted by Gasteiger charge is -2.25. The van der Waals surface area contributed by atoms with Crippen LogP contribution in [0.25, 0.3) is 10.8 Å². The highest BCUT2D eigenvalue weighted by atomic mass is 31.2. The fourth-order valence-corrected chi connectivity index (χ4v) is 5.50. The Morgan fingerprint density at radius 3 is 2.62 bits per heavy atom. The van der Waals surface area contributed by atoms with Crippen LogP contribution in [0, 0.1) is 0 Å². The number of alkyl halides is 1. The van der Waals surface area contributed by atoms with E-state index in [9.17, 15) is 28.4 Å². The Hall–Kier alpha value is -3.35. The minimum absolute atomic E-state index is 0.183. The molecule has 1 aromatic heterocycles. The molecular formula is C25H29FN3O9P. The van der Waals surface area contributed by atoms with Crippen LogP contribution in [-0.2, 0) is 23.4 Å². The number of nitrogens with one attached hydrogen (secondary N) is 2. The zero-order valence-electron chi connectivity index (χ0n) is 21.4. The third-order valence-corrected chi connectivity index (χ3v) is 7.48. The van der Waals surface area contributed by atoms with Gasteiger partial charge < -0.3 is 19.1 Å². The normalized spacial score (nSPS) is 23.4. The van der Waals surface area contributed by atoms with Crippen molar-refractivity contribution in [2.24, 2.45) is 0 Å². The molecule has 0 radical (unpaired) electrons. The minimum Gasteiger partial charge on any atom is -0.462 e. The Morgan fingerprint density at radius 1 is 1.18 bits per heavy atom. The molecule has 1 fully saturated rings. The van der Waals surface area contributed by atoms with Crippen LogP contribution in [0.2, 0.25) is 0 Å². The predicted molar refractivity (Wildman–Crippen MR) is 138 cm³/mol. The standard InChI is InChI=1S/C25H29FN3O9P/c1-14(2)36-24(32)15(3)28-39(34,38-18-10-6-8-16-7-4-5-9-17(16)18)35-13-19-22(31)21(26)23(37-19)29-12-11-20(30)27-25(29)33/h4-12,14-15,19,21-23,31H,13H2,1-3H3,(H,28,34)(H,27,30,33)/t15-,19+,21+,22+,23+,39?/m0/s1. The zero-order valence-corrected chi connectivity index (χ0v) is 22.2. The molecule has 0 saturated carbocycles. The predicted octanol–water partition coefficient (Wildman–Crippen LogP) is 2.42. The smallest absolute Gasteiger partial charge is 0.459 e. The van der Waals surface area contributed by atoms with Crippen molar-refractivity contribution < 1.29 is 37.4 Å². The molecule has 12 nitrogen and oxygen atoms in total. The van der Waals surface area contributed by atoms with E-state index in [-0.39, 0.29) is 5.75 Å². The molecule has 4 rings (SSSR count). The highest BCUT2D eigenvalue weighted by molar-refractivity contribution is 7.52. The van der Waals surface area contributed by atoms with Crippen LogP contribution in [-0.4, -0.2) is 57.8 Å². The number of aromatic amines is 1. The maximum atomic E-state index is 14.9. The van der Waals surface area contributed by atoms with Crippen LogP contribution in [0.1, 0.15) is 27.0 Å². The van der Waals surface area contributed by atoms with Crippen LogP contribution in [0.4, 0.5) is 4.39 Å². The van der Waals surface area contributed by atoms with Gasteiger partial charge in [-0.05, 0) is 32.2 Å². The van der Waals surface area contributed by atoms with E-state index in [1.54, 1.807) is 38.1 Å². The number of aromatic nitrogens is 2. The van der Waals surface area contributed by atoms with Crippen LogP contribution < -0.4 is 20.9 Å². The molecule has 2 aromatic carbocycles. The van der Waals surface area contributed by atoms with Crippen LogP contribution in [0.5, 0.6) is 5.75 Å². The summed E-state index contributed by atoms with van der Waals surface area (Å²) in [5.74, 6) is -0.531. The summed E-state index contributed by atoms with van der Waals surface area (Å²) in [5, 5.41) is 14.4. The lowest BCUT2D eigenvalue weighted by molar-refractivity contribution is -0.149. The summed E-state index contributed by atoms with van der Waals surface area (Å²) in [6, 6.07) is 12.1.